The number of rotatable bonds is 5. The smallest absolute Gasteiger partial charge is 0.355 e. The molecule has 30 heavy (non-hydrogen) atoms. The fraction of sp³-hybridized carbons (Fsp3) is 0.333. The Morgan fingerprint density at radius 3 is 2.20 bits per heavy atom. The molecule has 1 aliphatic rings. The van der Waals surface area contributed by atoms with Crippen LogP contribution in [0.1, 0.15) is 11.4 Å². The standard InChI is InChI=1S/C21H24N4O5/c1-13-10-14(2)23-21(22-13)24(3)15-6-8-16(9-7-15)25-12-30-11-17(19(26)28-4)18(25)20(27)29-5/h6-10H,11-12H2,1-5H3. The van der Waals surface area contributed by atoms with Crippen molar-refractivity contribution in [3.8, 4) is 0 Å². The summed E-state index contributed by atoms with van der Waals surface area (Å²) in [5, 5.41) is 0. The van der Waals surface area contributed by atoms with Crippen LogP contribution in [0.5, 0.6) is 0 Å². The van der Waals surface area contributed by atoms with E-state index in [1.54, 1.807) is 4.90 Å². The molecule has 3 rings (SSSR count). The van der Waals surface area contributed by atoms with E-state index in [4.69, 9.17) is 14.2 Å². The summed E-state index contributed by atoms with van der Waals surface area (Å²) >= 11 is 0. The Labute approximate surface area is 174 Å². The zero-order chi connectivity index (χ0) is 21.8. The van der Waals surface area contributed by atoms with Gasteiger partial charge in [-0.1, -0.05) is 0 Å². The van der Waals surface area contributed by atoms with Crippen LogP contribution in [0.3, 0.4) is 0 Å². The molecule has 0 unspecified atom stereocenters. The number of anilines is 3. The number of ether oxygens (including phenoxy) is 3. The Hall–Kier alpha value is -3.46. The Bertz CT molecular complexity index is 967. The lowest BCUT2D eigenvalue weighted by atomic mass is 10.1. The van der Waals surface area contributed by atoms with E-state index in [9.17, 15) is 9.59 Å². The monoisotopic (exact) mass is 412 g/mol. The van der Waals surface area contributed by atoms with Gasteiger partial charge in [-0.15, -0.1) is 0 Å². The number of carbonyl (C=O) groups excluding carboxylic acids is 2. The predicted octanol–water partition coefficient (Wildman–Crippen LogP) is 2.26. The molecule has 0 spiro atoms. The molecule has 0 bridgehead atoms. The lowest BCUT2D eigenvalue weighted by molar-refractivity contribution is -0.140. The van der Waals surface area contributed by atoms with Crippen molar-refractivity contribution in [3.05, 3.63) is 53.0 Å². The minimum absolute atomic E-state index is 0.0293. The van der Waals surface area contributed by atoms with E-state index in [1.807, 2.05) is 56.1 Å². The van der Waals surface area contributed by atoms with E-state index < -0.39 is 11.9 Å². The number of hydrogen-bond donors (Lipinski definition) is 0. The maximum absolute atomic E-state index is 12.4. The van der Waals surface area contributed by atoms with Gasteiger partial charge in [0, 0.05) is 29.8 Å². The second-order valence-electron chi connectivity index (χ2n) is 6.74. The number of benzene rings is 1. The van der Waals surface area contributed by atoms with Gasteiger partial charge in [0.05, 0.1) is 26.4 Å². The van der Waals surface area contributed by atoms with E-state index in [1.165, 1.54) is 14.2 Å². The highest BCUT2D eigenvalue weighted by atomic mass is 16.5. The van der Waals surface area contributed by atoms with Crippen molar-refractivity contribution in [2.75, 3.05) is 44.4 Å². The van der Waals surface area contributed by atoms with Crippen LogP contribution < -0.4 is 9.80 Å². The van der Waals surface area contributed by atoms with Crippen molar-refractivity contribution >= 4 is 29.3 Å². The minimum atomic E-state index is -0.636. The van der Waals surface area contributed by atoms with E-state index in [0.717, 1.165) is 17.1 Å². The van der Waals surface area contributed by atoms with E-state index >= 15 is 0 Å². The molecule has 0 aliphatic carbocycles. The van der Waals surface area contributed by atoms with Crippen LogP contribution >= 0.6 is 0 Å². The molecule has 9 nitrogen and oxygen atoms in total. The number of hydrogen-bond acceptors (Lipinski definition) is 9. The Balaban J connectivity index is 1.94. The summed E-state index contributed by atoms with van der Waals surface area (Å²) in [5.74, 6) is -0.684. The molecule has 2 aromatic rings. The Morgan fingerprint density at radius 2 is 1.63 bits per heavy atom. The van der Waals surface area contributed by atoms with Gasteiger partial charge in [-0.3, -0.25) is 0 Å². The van der Waals surface area contributed by atoms with Gasteiger partial charge in [0.2, 0.25) is 5.95 Å². The minimum Gasteiger partial charge on any atom is -0.466 e. The zero-order valence-electron chi connectivity index (χ0n) is 17.6. The molecule has 0 saturated carbocycles. The fourth-order valence-electron chi connectivity index (χ4n) is 3.18. The predicted molar refractivity (Wildman–Crippen MR) is 110 cm³/mol. The van der Waals surface area contributed by atoms with Crippen LogP contribution in [0, 0.1) is 13.8 Å². The van der Waals surface area contributed by atoms with Gasteiger partial charge in [-0.05, 0) is 44.2 Å². The highest BCUT2D eigenvalue weighted by Crippen LogP contribution is 2.29. The first kappa shape index (κ1) is 21.3. The first-order chi connectivity index (χ1) is 14.3. The quantitative estimate of drug-likeness (QED) is 0.685. The molecule has 1 aromatic carbocycles. The van der Waals surface area contributed by atoms with Crippen LogP contribution in [-0.4, -0.2) is 56.5 Å². The van der Waals surface area contributed by atoms with Crippen molar-refractivity contribution < 1.29 is 23.8 Å². The highest BCUT2D eigenvalue weighted by Gasteiger charge is 2.32. The molecule has 0 amide bonds. The van der Waals surface area contributed by atoms with Crippen molar-refractivity contribution in [2.45, 2.75) is 13.8 Å². The van der Waals surface area contributed by atoms with Gasteiger partial charge in [-0.2, -0.15) is 0 Å². The summed E-state index contributed by atoms with van der Waals surface area (Å²) < 4.78 is 15.2. The molecule has 158 valence electrons. The third-order valence-corrected chi connectivity index (χ3v) is 4.65. The van der Waals surface area contributed by atoms with Crippen LogP contribution in [0.4, 0.5) is 17.3 Å². The second-order valence-corrected chi connectivity index (χ2v) is 6.74. The number of esters is 2. The number of carbonyl (C=O) groups is 2. The van der Waals surface area contributed by atoms with Crippen molar-refractivity contribution in [1.82, 2.24) is 9.97 Å². The molecule has 0 fully saturated rings. The lowest BCUT2D eigenvalue weighted by Gasteiger charge is -2.31. The van der Waals surface area contributed by atoms with E-state index in [2.05, 4.69) is 9.97 Å². The summed E-state index contributed by atoms with van der Waals surface area (Å²) in [6.45, 7) is 3.91. The molecule has 0 radical (unpaired) electrons. The van der Waals surface area contributed by atoms with E-state index in [0.29, 0.717) is 11.6 Å². The van der Waals surface area contributed by atoms with Crippen LogP contribution in [-0.2, 0) is 23.8 Å². The van der Waals surface area contributed by atoms with Gasteiger partial charge >= 0.3 is 11.9 Å². The van der Waals surface area contributed by atoms with Gasteiger partial charge in [0.15, 0.2) is 0 Å². The first-order valence-corrected chi connectivity index (χ1v) is 9.26. The summed E-state index contributed by atoms with van der Waals surface area (Å²) in [5.41, 5.74) is 3.51. The number of aryl methyl sites for hydroxylation is 2. The van der Waals surface area contributed by atoms with Gasteiger partial charge in [0.1, 0.15) is 12.4 Å². The van der Waals surface area contributed by atoms with Crippen molar-refractivity contribution in [2.24, 2.45) is 0 Å². The first-order valence-electron chi connectivity index (χ1n) is 9.26. The molecule has 0 atom stereocenters. The molecule has 1 aliphatic heterocycles. The number of methoxy groups -OCH3 is 2. The Morgan fingerprint density at radius 1 is 1.03 bits per heavy atom. The molecule has 2 heterocycles. The summed E-state index contributed by atoms with van der Waals surface area (Å²) in [7, 11) is 4.39. The average Bonchev–Trinajstić information content (AvgIpc) is 2.76. The average molecular weight is 412 g/mol. The molecule has 0 saturated heterocycles. The third-order valence-electron chi connectivity index (χ3n) is 4.65. The summed E-state index contributed by atoms with van der Waals surface area (Å²) in [6.07, 6.45) is 0. The molecular weight excluding hydrogens is 388 g/mol. The fourth-order valence-corrected chi connectivity index (χ4v) is 3.18. The topological polar surface area (TPSA) is 94.1 Å². The zero-order valence-corrected chi connectivity index (χ0v) is 17.6. The maximum atomic E-state index is 12.4. The van der Waals surface area contributed by atoms with Gasteiger partial charge < -0.3 is 24.0 Å². The van der Waals surface area contributed by atoms with Crippen molar-refractivity contribution in [1.29, 1.82) is 0 Å². The molecule has 1 aromatic heterocycles. The SMILES string of the molecule is COC(=O)C1=C(C(=O)OC)N(c2ccc(N(C)c3nc(C)cc(C)n3)cc2)COC1. The van der Waals surface area contributed by atoms with Gasteiger partial charge in [0.25, 0.3) is 0 Å². The van der Waals surface area contributed by atoms with Crippen LogP contribution in [0.15, 0.2) is 41.6 Å². The highest BCUT2D eigenvalue weighted by molar-refractivity contribution is 6.03. The Kier molecular flexibility index (Phi) is 6.31. The third kappa shape index (κ3) is 4.25. The normalized spacial score (nSPS) is 13.8. The number of nitrogens with zero attached hydrogens (tertiary/aromatic N) is 4. The summed E-state index contributed by atoms with van der Waals surface area (Å²) in [6, 6.07) is 9.30. The largest absolute Gasteiger partial charge is 0.466 e. The molecule has 0 N–H and O–H groups in total. The molecular formula is C21H24N4O5. The van der Waals surface area contributed by atoms with Crippen molar-refractivity contribution in [3.63, 3.8) is 0 Å². The van der Waals surface area contributed by atoms with Gasteiger partial charge in [-0.25, -0.2) is 19.6 Å². The number of aromatic nitrogens is 2. The van der Waals surface area contributed by atoms with Crippen LogP contribution in [0.25, 0.3) is 0 Å². The summed E-state index contributed by atoms with van der Waals surface area (Å²) in [4.78, 5) is 36.9. The lowest BCUT2D eigenvalue weighted by Crippen LogP contribution is -2.38. The van der Waals surface area contributed by atoms with Crippen LogP contribution in [0.2, 0.25) is 0 Å². The van der Waals surface area contributed by atoms with E-state index in [-0.39, 0.29) is 24.6 Å². The maximum Gasteiger partial charge on any atom is 0.355 e. The second kappa shape index (κ2) is 8.91. The molecule has 9 heteroatoms.